The van der Waals surface area contributed by atoms with Crippen LogP contribution in [-0.4, -0.2) is 55.7 Å². The maximum absolute atomic E-state index is 13.3. The maximum Gasteiger partial charge on any atom is 0.311 e. The van der Waals surface area contributed by atoms with E-state index in [0.717, 1.165) is 49.2 Å². The van der Waals surface area contributed by atoms with E-state index in [9.17, 15) is 9.59 Å². The molecular weight excluding hydrogens is 428 g/mol. The Hall–Kier alpha value is -1.63. The van der Waals surface area contributed by atoms with E-state index in [2.05, 4.69) is 17.1 Å². The van der Waals surface area contributed by atoms with Crippen LogP contribution in [0, 0.1) is 23.2 Å². The number of nitrogens with zero attached hydrogens (tertiary/aromatic N) is 1. The molecule has 7 heteroatoms. The molecule has 4 bridgehead atoms. The van der Waals surface area contributed by atoms with Crippen LogP contribution in [-0.2, 0) is 19.1 Å². The standard InChI is InChI=1S/C25H33ClN2O4/c1-15(19-5-3-4-6-20(19)26)28-7-8-32-21(14-28)23(29)27-22-17-9-16-10-18(22)13-25(11-16,12-17)24(30)31-2/h3-6,15-18,21-22H,7-14H2,1-2H3,(H,27,29). The van der Waals surface area contributed by atoms with E-state index >= 15 is 0 Å². The van der Waals surface area contributed by atoms with Crippen molar-refractivity contribution in [1.29, 1.82) is 0 Å². The quantitative estimate of drug-likeness (QED) is 0.680. The van der Waals surface area contributed by atoms with E-state index < -0.39 is 6.10 Å². The lowest BCUT2D eigenvalue weighted by atomic mass is 9.48. The molecule has 4 atom stereocenters. The van der Waals surface area contributed by atoms with Gasteiger partial charge in [-0.15, -0.1) is 0 Å². The number of amides is 1. The van der Waals surface area contributed by atoms with Crippen molar-refractivity contribution in [3.8, 4) is 0 Å². The number of nitrogens with one attached hydrogen (secondary N) is 1. The highest BCUT2D eigenvalue weighted by Crippen LogP contribution is 2.60. The Morgan fingerprint density at radius 3 is 2.62 bits per heavy atom. The average molecular weight is 461 g/mol. The molecule has 0 aromatic heterocycles. The zero-order chi connectivity index (χ0) is 22.5. The van der Waals surface area contributed by atoms with Gasteiger partial charge in [-0.3, -0.25) is 14.5 Å². The second-order valence-corrected chi connectivity index (χ2v) is 10.7. The number of esters is 1. The van der Waals surface area contributed by atoms with Crippen LogP contribution in [0.1, 0.15) is 50.6 Å². The summed E-state index contributed by atoms with van der Waals surface area (Å²) in [6.45, 7) is 3.98. The van der Waals surface area contributed by atoms with Crippen molar-refractivity contribution in [1.82, 2.24) is 10.2 Å². The Labute approximate surface area is 195 Å². The smallest absolute Gasteiger partial charge is 0.311 e. The summed E-state index contributed by atoms with van der Waals surface area (Å²) in [5.41, 5.74) is 0.749. The number of benzene rings is 1. The summed E-state index contributed by atoms with van der Waals surface area (Å²) in [7, 11) is 1.50. The fraction of sp³-hybridized carbons (Fsp3) is 0.680. The van der Waals surface area contributed by atoms with Crippen LogP contribution in [0.3, 0.4) is 0 Å². The van der Waals surface area contributed by atoms with E-state index in [1.807, 2.05) is 24.3 Å². The van der Waals surface area contributed by atoms with Crippen molar-refractivity contribution in [3.63, 3.8) is 0 Å². The number of carbonyl (C=O) groups is 2. The highest BCUT2D eigenvalue weighted by Gasteiger charge is 2.59. The van der Waals surface area contributed by atoms with Crippen molar-refractivity contribution in [3.05, 3.63) is 34.9 Å². The number of ether oxygens (including phenoxy) is 2. The van der Waals surface area contributed by atoms with Gasteiger partial charge in [0.15, 0.2) is 0 Å². The number of halogens is 1. The Morgan fingerprint density at radius 1 is 1.22 bits per heavy atom. The molecule has 1 aliphatic heterocycles. The van der Waals surface area contributed by atoms with Gasteiger partial charge in [0.05, 0.1) is 19.1 Å². The predicted octanol–water partition coefficient (Wildman–Crippen LogP) is 3.59. The van der Waals surface area contributed by atoms with Gasteiger partial charge >= 0.3 is 5.97 Å². The van der Waals surface area contributed by atoms with Crippen molar-refractivity contribution in [2.24, 2.45) is 23.2 Å². The van der Waals surface area contributed by atoms with Crippen LogP contribution in [0.15, 0.2) is 24.3 Å². The second-order valence-electron chi connectivity index (χ2n) is 10.3. The largest absolute Gasteiger partial charge is 0.469 e. The third-order valence-electron chi connectivity index (χ3n) is 8.49. The summed E-state index contributed by atoms with van der Waals surface area (Å²) in [6.07, 6.45) is 4.33. The maximum atomic E-state index is 13.3. The van der Waals surface area contributed by atoms with Gasteiger partial charge in [0, 0.05) is 30.2 Å². The average Bonchev–Trinajstić information content (AvgIpc) is 2.80. The summed E-state index contributed by atoms with van der Waals surface area (Å²) in [4.78, 5) is 28.1. The molecule has 5 aliphatic rings. The molecule has 1 aromatic carbocycles. The van der Waals surface area contributed by atoms with Gasteiger partial charge in [0.25, 0.3) is 5.91 Å². The van der Waals surface area contributed by atoms with E-state index in [-0.39, 0.29) is 29.4 Å². The first kappa shape index (κ1) is 22.2. The van der Waals surface area contributed by atoms with Crippen LogP contribution < -0.4 is 5.32 Å². The number of carbonyl (C=O) groups excluding carboxylic acids is 2. The number of hydrogen-bond acceptors (Lipinski definition) is 5. The SMILES string of the molecule is COC(=O)C12CC3CC(C1)C(NC(=O)C1CN(C(C)c4ccccc4Cl)CCO1)C(C3)C2. The third-order valence-corrected chi connectivity index (χ3v) is 8.84. The van der Waals surface area contributed by atoms with Crippen LogP contribution >= 0.6 is 11.6 Å². The molecule has 4 aliphatic carbocycles. The first-order chi connectivity index (χ1) is 15.4. The highest BCUT2D eigenvalue weighted by molar-refractivity contribution is 6.31. The lowest BCUT2D eigenvalue weighted by Gasteiger charge is -2.58. The highest BCUT2D eigenvalue weighted by atomic mass is 35.5. The molecule has 174 valence electrons. The zero-order valence-corrected chi connectivity index (χ0v) is 19.6. The molecule has 1 N–H and O–H groups in total. The van der Waals surface area contributed by atoms with Gasteiger partial charge in [-0.2, -0.15) is 0 Å². The second kappa shape index (κ2) is 8.62. The van der Waals surface area contributed by atoms with Gasteiger partial charge in [-0.05, 0) is 68.4 Å². The van der Waals surface area contributed by atoms with Gasteiger partial charge in [-0.1, -0.05) is 29.8 Å². The van der Waals surface area contributed by atoms with E-state index in [1.165, 1.54) is 7.11 Å². The van der Waals surface area contributed by atoms with Crippen molar-refractivity contribution >= 4 is 23.5 Å². The van der Waals surface area contributed by atoms with Gasteiger partial charge in [0.2, 0.25) is 0 Å². The van der Waals surface area contributed by atoms with Crippen molar-refractivity contribution in [2.75, 3.05) is 26.8 Å². The molecule has 1 amide bonds. The van der Waals surface area contributed by atoms with Gasteiger partial charge in [-0.25, -0.2) is 0 Å². The van der Waals surface area contributed by atoms with E-state index in [0.29, 0.717) is 30.9 Å². The van der Waals surface area contributed by atoms with Crippen LogP contribution in [0.25, 0.3) is 0 Å². The Kier molecular flexibility index (Phi) is 5.97. The lowest BCUT2D eigenvalue weighted by molar-refractivity contribution is -0.172. The number of hydrogen-bond donors (Lipinski definition) is 1. The van der Waals surface area contributed by atoms with Gasteiger partial charge in [0.1, 0.15) is 6.10 Å². The molecule has 4 saturated carbocycles. The summed E-state index contributed by atoms with van der Waals surface area (Å²) < 4.78 is 11.1. The summed E-state index contributed by atoms with van der Waals surface area (Å²) in [6, 6.07) is 8.13. The Bertz CT molecular complexity index is 876. The minimum Gasteiger partial charge on any atom is -0.469 e. The number of rotatable bonds is 5. The number of methoxy groups -OCH3 is 1. The molecule has 4 unspecified atom stereocenters. The van der Waals surface area contributed by atoms with Crippen molar-refractivity contribution < 1.29 is 19.1 Å². The monoisotopic (exact) mass is 460 g/mol. The molecule has 5 fully saturated rings. The van der Waals surface area contributed by atoms with Crippen molar-refractivity contribution in [2.45, 2.75) is 57.2 Å². The Balaban J connectivity index is 1.24. The summed E-state index contributed by atoms with van der Waals surface area (Å²) in [5, 5.41) is 4.10. The summed E-state index contributed by atoms with van der Waals surface area (Å²) in [5.74, 6) is 1.21. The van der Waals surface area contributed by atoms with Crippen LogP contribution in [0.2, 0.25) is 5.02 Å². The first-order valence-electron chi connectivity index (χ1n) is 11.9. The topological polar surface area (TPSA) is 67.9 Å². The van der Waals surface area contributed by atoms with Crippen LogP contribution in [0.5, 0.6) is 0 Å². The molecule has 0 spiro atoms. The predicted molar refractivity (Wildman–Crippen MR) is 121 cm³/mol. The van der Waals surface area contributed by atoms with E-state index in [4.69, 9.17) is 21.1 Å². The molecule has 1 heterocycles. The van der Waals surface area contributed by atoms with E-state index in [1.54, 1.807) is 0 Å². The first-order valence-corrected chi connectivity index (χ1v) is 12.3. The zero-order valence-electron chi connectivity index (χ0n) is 18.9. The third kappa shape index (κ3) is 3.84. The molecule has 6 rings (SSSR count). The molecule has 1 saturated heterocycles. The fourth-order valence-electron chi connectivity index (χ4n) is 7.17. The lowest BCUT2D eigenvalue weighted by Crippen LogP contribution is -2.63. The molecule has 0 radical (unpaired) electrons. The molecular formula is C25H33ClN2O4. The fourth-order valence-corrected chi connectivity index (χ4v) is 7.47. The molecule has 6 nitrogen and oxygen atoms in total. The minimum absolute atomic E-state index is 0.0225. The summed E-state index contributed by atoms with van der Waals surface area (Å²) >= 11 is 6.41. The molecule has 1 aromatic rings. The van der Waals surface area contributed by atoms with Crippen LogP contribution in [0.4, 0.5) is 0 Å². The minimum atomic E-state index is -0.486. The Morgan fingerprint density at radius 2 is 1.94 bits per heavy atom. The normalized spacial score (nSPS) is 37.2. The van der Waals surface area contributed by atoms with Gasteiger partial charge < -0.3 is 14.8 Å². The number of morpholine rings is 1. The molecule has 32 heavy (non-hydrogen) atoms.